The number of alkyl halides is 6. The first-order valence-corrected chi connectivity index (χ1v) is 6.93. The van der Waals surface area contributed by atoms with Crippen molar-refractivity contribution in [3.63, 3.8) is 0 Å². The molecule has 4 nitrogen and oxygen atoms in total. The summed E-state index contributed by atoms with van der Waals surface area (Å²) in [4.78, 5) is 23.5. The van der Waals surface area contributed by atoms with E-state index in [-0.39, 0.29) is 11.1 Å². The van der Waals surface area contributed by atoms with Crippen molar-refractivity contribution in [1.29, 1.82) is 0 Å². The Balaban J connectivity index is 1.97. The number of carbonyl (C=O) groups is 2. The molecule has 0 unspecified atom stereocenters. The van der Waals surface area contributed by atoms with Crippen LogP contribution in [0.1, 0.15) is 31.8 Å². The summed E-state index contributed by atoms with van der Waals surface area (Å²) in [5, 5.41) is 0. The van der Waals surface area contributed by atoms with E-state index in [9.17, 15) is 35.9 Å². The molecule has 0 fully saturated rings. The molecule has 0 saturated heterocycles. The third-order valence-corrected chi connectivity index (χ3v) is 3.24. The summed E-state index contributed by atoms with van der Waals surface area (Å²) in [5.41, 5.74) is 1.74. The Bertz CT molecular complexity index is 726. The van der Waals surface area contributed by atoms with Gasteiger partial charge in [0.2, 0.25) is 0 Å². The zero-order valence-corrected chi connectivity index (χ0v) is 12.7. The van der Waals surface area contributed by atoms with Crippen LogP contribution in [0.3, 0.4) is 0 Å². The SMILES string of the molecule is O=C(NNC(=O)c1ccc(C(F)(F)F)cc1)c1ccc(C(F)(F)F)cc1. The molecule has 10 heteroatoms. The second-order valence-electron chi connectivity index (χ2n) is 5.06. The minimum absolute atomic E-state index is 0.147. The highest BCUT2D eigenvalue weighted by Crippen LogP contribution is 2.29. The molecule has 0 atom stereocenters. The lowest BCUT2D eigenvalue weighted by Crippen LogP contribution is -2.41. The molecular formula is C16H10F6N2O2. The van der Waals surface area contributed by atoms with Gasteiger partial charge in [0.15, 0.2) is 0 Å². The van der Waals surface area contributed by atoms with Crippen LogP contribution in [0.5, 0.6) is 0 Å². The summed E-state index contributed by atoms with van der Waals surface area (Å²) in [7, 11) is 0. The maximum atomic E-state index is 12.4. The summed E-state index contributed by atoms with van der Waals surface area (Å²) in [6.45, 7) is 0. The van der Waals surface area contributed by atoms with Crippen molar-refractivity contribution in [3.8, 4) is 0 Å². The average Bonchev–Trinajstić information content (AvgIpc) is 2.58. The summed E-state index contributed by atoms with van der Waals surface area (Å²) >= 11 is 0. The van der Waals surface area contributed by atoms with E-state index in [1.807, 2.05) is 10.9 Å². The first kappa shape index (κ1) is 19.3. The van der Waals surface area contributed by atoms with Crippen molar-refractivity contribution < 1.29 is 35.9 Å². The fraction of sp³-hybridized carbons (Fsp3) is 0.125. The van der Waals surface area contributed by atoms with Crippen molar-refractivity contribution in [3.05, 3.63) is 70.8 Å². The number of nitrogens with one attached hydrogen (secondary N) is 2. The Labute approximate surface area is 142 Å². The van der Waals surface area contributed by atoms with E-state index in [1.165, 1.54) is 0 Å². The topological polar surface area (TPSA) is 58.2 Å². The van der Waals surface area contributed by atoms with E-state index < -0.39 is 35.3 Å². The molecule has 0 bridgehead atoms. The van der Waals surface area contributed by atoms with Gasteiger partial charge in [0.1, 0.15) is 0 Å². The van der Waals surface area contributed by atoms with E-state index in [0.29, 0.717) is 24.3 Å². The van der Waals surface area contributed by atoms with Gasteiger partial charge < -0.3 is 0 Å². The molecule has 2 N–H and O–H groups in total. The van der Waals surface area contributed by atoms with Gasteiger partial charge in [-0.2, -0.15) is 26.3 Å². The Morgan fingerprint density at radius 1 is 0.577 bits per heavy atom. The maximum absolute atomic E-state index is 12.4. The second kappa shape index (κ2) is 7.06. The minimum atomic E-state index is -4.55. The second-order valence-corrected chi connectivity index (χ2v) is 5.06. The first-order chi connectivity index (χ1) is 12.0. The summed E-state index contributed by atoms with van der Waals surface area (Å²) in [5.74, 6) is -1.78. The molecule has 2 amide bonds. The molecule has 26 heavy (non-hydrogen) atoms. The molecule has 0 aliphatic heterocycles. The van der Waals surface area contributed by atoms with Gasteiger partial charge in [0.25, 0.3) is 11.8 Å². The quantitative estimate of drug-likeness (QED) is 0.619. The van der Waals surface area contributed by atoms with Gasteiger partial charge in [-0.05, 0) is 48.5 Å². The molecule has 0 heterocycles. The lowest BCUT2D eigenvalue weighted by atomic mass is 10.1. The largest absolute Gasteiger partial charge is 0.416 e. The van der Waals surface area contributed by atoms with Crippen LogP contribution < -0.4 is 10.9 Å². The van der Waals surface area contributed by atoms with E-state index >= 15 is 0 Å². The van der Waals surface area contributed by atoms with Crippen LogP contribution in [0.2, 0.25) is 0 Å². The van der Waals surface area contributed by atoms with Gasteiger partial charge in [-0.25, -0.2) is 0 Å². The number of carbonyl (C=O) groups excluding carboxylic acids is 2. The molecule has 0 aliphatic carbocycles. The minimum Gasteiger partial charge on any atom is -0.267 e. The van der Waals surface area contributed by atoms with Gasteiger partial charge in [-0.15, -0.1) is 0 Å². The third kappa shape index (κ3) is 4.74. The van der Waals surface area contributed by atoms with Crippen LogP contribution in [0.4, 0.5) is 26.3 Å². The number of rotatable bonds is 2. The summed E-state index contributed by atoms with van der Waals surface area (Å²) in [6.07, 6.45) is -9.10. The molecule has 0 radical (unpaired) electrons. The molecule has 2 aromatic carbocycles. The lowest BCUT2D eigenvalue weighted by Gasteiger charge is -2.10. The Hall–Kier alpha value is -3.04. The highest BCUT2D eigenvalue weighted by molar-refractivity contribution is 5.99. The number of hydrogen-bond acceptors (Lipinski definition) is 2. The van der Waals surface area contributed by atoms with Crippen LogP contribution in [0.15, 0.2) is 48.5 Å². The summed E-state index contributed by atoms with van der Waals surface area (Å²) in [6, 6.07) is 6.48. The fourth-order valence-corrected chi connectivity index (χ4v) is 1.88. The smallest absolute Gasteiger partial charge is 0.267 e. The van der Waals surface area contributed by atoms with Crippen molar-refractivity contribution in [2.45, 2.75) is 12.4 Å². The van der Waals surface area contributed by atoms with Crippen molar-refractivity contribution in [1.82, 2.24) is 10.9 Å². The highest BCUT2D eigenvalue weighted by Gasteiger charge is 2.31. The van der Waals surface area contributed by atoms with Crippen LogP contribution in [0, 0.1) is 0 Å². The van der Waals surface area contributed by atoms with Crippen LogP contribution >= 0.6 is 0 Å². The monoisotopic (exact) mass is 376 g/mol. The first-order valence-electron chi connectivity index (χ1n) is 6.93. The van der Waals surface area contributed by atoms with Crippen molar-refractivity contribution in [2.75, 3.05) is 0 Å². The van der Waals surface area contributed by atoms with Crippen LogP contribution in [-0.2, 0) is 12.4 Å². The van der Waals surface area contributed by atoms with Gasteiger partial charge >= 0.3 is 12.4 Å². The van der Waals surface area contributed by atoms with Crippen LogP contribution in [-0.4, -0.2) is 11.8 Å². The molecule has 0 aromatic heterocycles. The van der Waals surface area contributed by atoms with E-state index in [0.717, 1.165) is 24.3 Å². The third-order valence-electron chi connectivity index (χ3n) is 3.24. The van der Waals surface area contributed by atoms with Gasteiger partial charge in [-0.3, -0.25) is 20.4 Å². The van der Waals surface area contributed by atoms with Crippen LogP contribution in [0.25, 0.3) is 0 Å². The predicted octanol–water partition coefficient (Wildman–Crippen LogP) is 3.80. The standard InChI is InChI=1S/C16H10F6N2O2/c17-15(18,19)11-5-1-9(2-6-11)13(25)23-24-14(26)10-3-7-12(8-4-10)16(20,21)22/h1-8H,(H,23,25)(H,24,26). The Kier molecular flexibility index (Phi) is 5.24. The van der Waals surface area contributed by atoms with Crippen molar-refractivity contribution >= 4 is 11.8 Å². The Morgan fingerprint density at radius 3 is 1.08 bits per heavy atom. The normalized spacial score (nSPS) is 11.8. The van der Waals surface area contributed by atoms with Gasteiger partial charge in [0.05, 0.1) is 11.1 Å². The highest BCUT2D eigenvalue weighted by atomic mass is 19.4. The fourth-order valence-electron chi connectivity index (χ4n) is 1.88. The molecule has 2 aromatic rings. The van der Waals surface area contributed by atoms with E-state index in [2.05, 4.69) is 0 Å². The molecule has 0 aliphatic rings. The number of benzene rings is 2. The molecular weight excluding hydrogens is 366 g/mol. The Morgan fingerprint density at radius 2 is 0.846 bits per heavy atom. The zero-order chi connectivity index (χ0) is 19.5. The van der Waals surface area contributed by atoms with E-state index in [1.54, 1.807) is 0 Å². The van der Waals surface area contributed by atoms with Gasteiger partial charge in [0, 0.05) is 11.1 Å². The van der Waals surface area contributed by atoms with E-state index in [4.69, 9.17) is 0 Å². The number of amides is 2. The molecule has 0 saturated carbocycles. The van der Waals surface area contributed by atoms with Gasteiger partial charge in [-0.1, -0.05) is 0 Å². The molecule has 2 rings (SSSR count). The number of hydrazine groups is 1. The molecule has 138 valence electrons. The predicted molar refractivity (Wildman–Crippen MR) is 77.8 cm³/mol. The number of halogens is 6. The maximum Gasteiger partial charge on any atom is 0.416 e. The summed E-state index contributed by atoms with van der Waals surface area (Å²) < 4.78 is 74.6. The number of hydrogen-bond donors (Lipinski definition) is 2. The molecule has 0 spiro atoms. The van der Waals surface area contributed by atoms with Crippen molar-refractivity contribution in [2.24, 2.45) is 0 Å². The zero-order valence-electron chi connectivity index (χ0n) is 12.7. The lowest BCUT2D eigenvalue weighted by molar-refractivity contribution is -0.138. The average molecular weight is 376 g/mol.